The molecule has 4 aromatic rings. The maximum atomic E-state index is 13.0. The van der Waals surface area contributed by atoms with E-state index < -0.39 is 0 Å². The molecule has 0 saturated carbocycles. The summed E-state index contributed by atoms with van der Waals surface area (Å²) in [5.74, 6) is 1.53. The van der Waals surface area contributed by atoms with Crippen molar-refractivity contribution in [1.29, 1.82) is 0 Å². The number of hydrogen-bond donors (Lipinski definition) is 0. The van der Waals surface area contributed by atoms with E-state index in [1.165, 1.54) is 5.56 Å². The van der Waals surface area contributed by atoms with Crippen LogP contribution in [0.4, 0.5) is 0 Å². The molecule has 0 unspecified atom stereocenters. The van der Waals surface area contributed by atoms with E-state index in [9.17, 15) is 4.79 Å². The molecule has 0 amide bonds. The number of halogens is 1. The Labute approximate surface area is 169 Å². The molecule has 0 atom stereocenters. The zero-order valence-corrected chi connectivity index (χ0v) is 17.1. The van der Waals surface area contributed by atoms with Gasteiger partial charge in [-0.2, -0.15) is 0 Å². The summed E-state index contributed by atoms with van der Waals surface area (Å²) in [7, 11) is 0. The van der Waals surface area contributed by atoms with Crippen LogP contribution in [0, 0.1) is 6.92 Å². The Bertz CT molecular complexity index is 1150. The van der Waals surface area contributed by atoms with Crippen LogP contribution in [-0.4, -0.2) is 9.72 Å². The van der Waals surface area contributed by atoms with Gasteiger partial charge in [-0.1, -0.05) is 41.6 Å². The van der Waals surface area contributed by atoms with Crippen molar-refractivity contribution in [2.24, 2.45) is 0 Å². The van der Waals surface area contributed by atoms with Gasteiger partial charge in [-0.25, -0.2) is 0 Å². The molecule has 4 nitrogen and oxygen atoms in total. The molecule has 6 heteroatoms. The quantitative estimate of drug-likeness (QED) is 0.389. The summed E-state index contributed by atoms with van der Waals surface area (Å²) in [6.07, 6.45) is 1.80. The molecule has 136 valence electrons. The molecule has 0 spiro atoms. The van der Waals surface area contributed by atoms with Gasteiger partial charge in [0.05, 0.1) is 12.2 Å². The Hall–Kier alpha value is -2.31. The van der Waals surface area contributed by atoms with E-state index in [0.29, 0.717) is 17.7 Å². The second-order valence-electron chi connectivity index (χ2n) is 6.33. The maximum Gasteiger partial charge on any atom is 0.258 e. The lowest BCUT2D eigenvalue weighted by Gasteiger charge is -2.09. The summed E-state index contributed by atoms with van der Waals surface area (Å²) in [5, 5.41) is 5.49. The smallest absolute Gasteiger partial charge is 0.258 e. The molecule has 2 aromatic heterocycles. The van der Waals surface area contributed by atoms with Gasteiger partial charge in [0.25, 0.3) is 5.56 Å². The number of pyridine rings is 1. The predicted molar refractivity (Wildman–Crippen MR) is 112 cm³/mol. The number of hydrogen-bond acceptors (Lipinski definition) is 4. The summed E-state index contributed by atoms with van der Waals surface area (Å²) in [6, 6.07) is 18.2. The van der Waals surface area contributed by atoms with E-state index >= 15 is 0 Å². The van der Waals surface area contributed by atoms with Gasteiger partial charge in [0, 0.05) is 38.2 Å². The van der Waals surface area contributed by atoms with Crippen LogP contribution in [0.5, 0.6) is 0 Å². The molecule has 0 radical (unpaired) electrons. The van der Waals surface area contributed by atoms with Crippen LogP contribution in [0.2, 0.25) is 0 Å². The first-order valence-electron chi connectivity index (χ1n) is 8.52. The highest BCUT2D eigenvalue weighted by Gasteiger charge is 2.11. The van der Waals surface area contributed by atoms with E-state index in [1.807, 2.05) is 43.3 Å². The zero-order valence-electron chi connectivity index (χ0n) is 14.7. The number of nitrogens with zero attached hydrogens (tertiary/aromatic N) is 2. The third kappa shape index (κ3) is 4.01. The van der Waals surface area contributed by atoms with Crippen molar-refractivity contribution >= 4 is 38.5 Å². The Balaban J connectivity index is 1.66. The minimum absolute atomic E-state index is 0.0376. The Morgan fingerprint density at radius 3 is 2.67 bits per heavy atom. The normalized spacial score (nSPS) is 11.2. The molecule has 0 fully saturated rings. The van der Waals surface area contributed by atoms with Gasteiger partial charge in [0.2, 0.25) is 0 Å². The summed E-state index contributed by atoms with van der Waals surface area (Å²) in [5.41, 5.74) is 2.02. The summed E-state index contributed by atoms with van der Waals surface area (Å²) >= 11 is 5.31. The third-order valence-corrected chi connectivity index (χ3v) is 5.96. The fourth-order valence-corrected chi connectivity index (χ4v) is 4.42. The van der Waals surface area contributed by atoms with Gasteiger partial charge in [-0.3, -0.25) is 4.79 Å². The number of rotatable bonds is 5. The van der Waals surface area contributed by atoms with Gasteiger partial charge >= 0.3 is 0 Å². The average molecular weight is 441 g/mol. The minimum atomic E-state index is -0.0376. The lowest BCUT2D eigenvalue weighted by molar-refractivity contribution is 0.372. The van der Waals surface area contributed by atoms with E-state index in [1.54, 1.807) is 22.5 Å². The van der Waals surface area contributed by atoms with Crippen molar-refractivity contribution < 1.29 is 4.52 Å². The van der Waals surface area contributed by atoms with Gasteiger partial charge in [-0.15, -0.1) is 11.8 Å². The molecule has 0 aliphatic heterocycles. The summed E-state index contributed by atoms with van der Waals surface area (Å²) < 4.78 is 7.79. The van der Waals surface area contributed by atoms with Gasteiger partial charge in [-0.05, 0) is 40.5 Å². The highest BCUT2D eigenvalue weighted by Crippen LogP contribution is 2.28. The van der Waals surface area contributed by atoms with Crippen molar-refractivity contribution in [3.63, 3.8) is 0 Å². The number of aryl methyl sites for hydroxylation is 1. The van der Waals surface area contributed by atoms with Gasteiger partial charge in [0.15, 0.2) is 5.76 Å². The topological polar surface area (TPSA) is 48.0 Å². The SMILES string of the molecule is Cc1cc(Cn2cc(Br)c3ccc(SCc4ccccc4)cc3c2=O)on1. The molecule has 0 saturated heterocycles. The Morgan fingerprint density at radius 2 is 1.93 bits per heavy atom. The standard InChI is InChI=1S/C21H17BrN2O2S/c1-14-9-16(26-23-14)11-24-12-20(22)18-8-7-17(10-19(18)21(24)25)27-13-15-5-3-2-4-6-15/h2-10,12H,11,13H2,1H3. The molecule has 0 aliphatic carbocycles. The van der Waals surface area contributed by atoms with Crippen LogP contribution in [0.25, 0.3) is 10.8 Å². The maximum absolute atomic E-state index is 13.0. The fraction of sp³-hybridized carbons (Fsp3) is 0.143. The Morgan fingerprint density at radius 1 is 1.11 bits per heavy atom. The van der Waals surface area contributed by atoms with E-state index in [2.05, 4.69) is 39.3 Å². The highest BCUT2D eigenvalue weighted by atomic mass is 79.9. The molecular formula is C21H17BrN2O2S. The monoisotopic (exact) mass is 440 g/mol. The molecule has 0 N–H and O–H groups in total. The van der Waals surface area contributed by atoms with Crippen molar-refractivity contribution in [3.05, 3.63) is 92.6 Å². The van der Waals surface area contributed by atoms with E-state index in [4.69, 9.17) is 4.52 Å². The van der Waals surface area contributed by atoms with Gasteiger partial charge < -0.3 is 9.09 Å². The van der Waals surface area contributed by atoms with E-state index in [-0.39, 0.29) is 5.56 Å². The first kappa shape index (κ1) is 18.1. The number of aromatic nitrogens is 2. The first-order valence-corrected chi connectivity index (χ1v) is 10.3. The molecule has 27 heavy (non-hydrogen) atoms. The first-order chi connectivity index (χ1) is 13.1. The molecule has 4 rings (SSSR count). The largest absolute Gasteiger partial charge is 0.359 e. The van der Waals surface area contributed by atoms with Gasteiger partial charge in [0.1, 0.15) is 0 Å². The van der Waals surface area contributed by atoms with Crippen LogP contribution in [-0.2, 0) is 12.3 Å². The van der Waals surface area contributed by atoms with Crippen molar-refractivity contribution in [2.45, 2.75) is 24.1 Å². The molecular weight excluding hydrogens is 424 g/mol. The highest BCUT2D eigenvalue weighted by molar-refractivity contribution is 9.10. The van der Waals surface area contributed by atoms with E-state index in [0.717, 1.165) is 26.2 Å². The number of benzene rings is 2. The Kier molecular flexibility index (Phi) is 5.18. The fourth-order valence-electron chi connectivity index (χ4n) is 2.94. The second kappa shape index (κ2) is 7.74. The molecule has 2 heterocycles. The van der Waals surface area contributed by atoms with Crippen LogP contribution in [0.15, 0.2) is 79.5 Å². The predicted octanol–water partition coefficient (Wildman–Crippen LogP) is 5.40. The third-order valence-electron chi connectivity index (χ3n) is 4.26. The van der Waals surface area contributed by atoms with Crippen LogP contribution in [0.3, 0.4) is 0 Å². The zero-order chi connectivity index (χ0) is 18.8. The summed E-state index contributed by atoms with van der Waals surface area (Å²) in [4.78, 5) is 14.1. The molecule has 2 aromatic carbocycles. The number of thioether (sulfide) groups is 1. The van der Waals surface area contributed by atoms with Crippen LogP contribution < -0.4 is 5.56 Å². The molecule has 0 bridgehead atoms. The lowest BCUT2D eigenvalue weighted by Crippen LogP contribution is -2.20. The minimum Gasteiger partial charge on any atom is -0.359 e. The second-order valence-corrected chi connectivity index (χ2v) is 8.23. The van der Waals surface area contributed by atoms with Crippen LogP contribution >= 0.6 is 27.7 Å². The summed E-state index contributed by atoms with van der Waals surface area (Å²) in [6.45, 7) is 2.22. The lowest BCUT2D eigenvalue weighted by atomic mass is 10.2. The molecule has 0 aliphatic rings. The average Bonchev–Trinajstić information content (AvgIpc) is 3.09. The number of fused-ring (bicyclic) bond motifs is 1. The van der Waals surface area contributed by atoms with Crippen molar-refractivity contribution in [3.8, 4) is 0 Å². The van der Waals surface area contributed by atoms with Crippen LogP contribution in [0.1, 0.15) is 17.0 Å². The van der Waals surface area contributed by atoms with Crippen molar-refractivity contribution in [1.82, 2.24) is 9.72 Å². The van der Waals surface area contributed by atoms with Crippen molar-refractivity contribution in [2.75, 3.05) is 0 Å².